The van der Waals surface area contributed by atoms with Crippen LogP contribution < -0.4 is 29.3 Å². The van der Waals surface area contributed by atoms with E-state index in [1.807, 2.05) is 9.80 Å². The summed E-state index contributed by atoms with van der Waals surface area (Å²) >= 11 is 0. The average molecular weight is 1210 g/mol. The number of rotatable bonds is 18. The molecule has 0 radical (unpaired) electrons. The zero-order valence-electron chi connectivity index (χ0n) is 52.7. The number of likely N-dealkylation sites (tertiary alicyclic amines) is 1. The Morgan fingerprint density at radius 3 is 2.23 bits per heavy atom. The quantitative estimate of drug-likeness (QED) is 0.0481. The van der Waals surface area contributed by atoms with Crippen molar-refractivity contribution in [2.24, 2.45) is 17.3 Å². The van der Waals surface area contributed by atoms with Crippen LogP contribution in [0.15, 0.2) is 48.7 Å². The lowest BCUT2D eigenvalue weighted by Gasteiger charge is -2.47. The lowest BCUT2D eigenvalue weighted by Crippen LogP contribution is -2.50. The number of amides is 4. The number of fused-ring (bicyclic) bond motifs is 2. The van der Waals surface area contributed by atoms with E-state index >= 15 is 8.78 Å². The fraction of sp³-hybridized carbons (Fsp3) is 0.582. The minimum Gasteiger partial charge on any atom is -0.495 e. The van der Waals surface area contributed by atoms with Crippen LogP contribution in [0.25, 0.3) is 32.9 Å². The van der Waals surface area contributed by atoms with E-state index in [9.17, 15) is 19.5 Å². The summed E-state index contributed by atoms with van der Waals surface area (Å²) in [6.07, 6.45) is 9.73. The van der Waals surface area contributed by atoms with Gasteiger partial charge in [-0.05, 0) is 128 Å². The molecule has 0 bridgehead atoms. The molecule has 10 rings (SSSR count). The number of benzene rings is 3. The second-order valence-corrected chi connectivity index (χ2v) is 32.2. The van der Waals surface area contributed by atoms with Crippen LogP contribution in [0.2, 0.25) is 16.6 Å². The van der Waals surface area contributed by atoms with Crippen LogP contribution in [0.3, 0.4) is 0 Å². The number of nitrogens with one attached hydrogen (secondary N) is 1. The maximum Gasteiger partial charge on any atom is 0.328 e. The van der Waals surface area contributed by atoms with Gasteiger partial charge in [-0.2, -0.15) is 9.97 Å². The number of hydrogen-bond acceptors (Lipinski definition) is 14. The number of imide groups is 1. The Kier molecular flexibility index (Phi) is 19.5. The number of piperazine rings is 1. The van der Waals surface area contributed by atoms with Crippen molar-refractivity contribution < 1.29 is 47.2 Å². The molecule has 17 nitrogen and oxygen atoms in total. The maximum absolute atomic E-state index is 17.9. The van der Waals surface area contributed by atoms with Crippen LogP contribution in [-0.2, 0) is 9.53 Å². The average Bonchev–Trinajstić information content (AvgIpc) is 1.14. The highest BCUT2D eigenvalue weighted by Crippen LogP contribution is 2.48. The molecule has 5 aromatic rings. The van der Waals surface area contributed by atoms with Crippen molar-refractivity contribution in [2.45, 2.75) is 135 Å². The molecule has 20 heteroatoms. The van der Waals surface area contributed by atoms with E-state index in [-0.39, 0.29) is 72.2 Å². The Morgan fingerprint density at radius 1 is 0.851 bits per heavy atom. The van der Waals surface area contributed by atoms with Gasteiger partial charge in [-0.3, -0.25) is 24.8 Å². The molecule has 5 aliphatic rings. The second kappa shape index (κ2) is 26.7. The number of ether oxygens (including phenoxy) is 4. The summed E-state index contributed by atoms with van der Waals surface area (Å²) in [7, 11) is 0.716. The van der Waals surface area contributed by atoms with Crippen molar-refractivity contribution in [1.29, 1.82) is 0 Å². The molecule has 2 N–H and O–H groups in total. The van der Waals surface area contributed by atoms with E-state index < -0.39 is 31.3 Å². The molecule has 4 amide bonds. The van der Waals surface area contributed by atoms with Crippen molar-refractivity contribution in [3.05, 3.63) is 71.4 Å². The number of anilines is 2. The smallest absolute Gasteiger partial charge is 0.328 e. The summed E-state index contributed by atoms with van der Waals surface area (Å²) in [6, 6.07) is 11.2. The van der Waals surface area contributed by atoms with E-state index in [4.69, 9.17) is 33.9 Å². The highest BCUT2D eigenvalue weighted by molar-refractivity contribution is 6.90. The molecule has 87 heavy (non-hydrogen) atoms. The first kappa shape index (κ1) is 63.5. The standard InChI is InChI=1S/C67H89F2N9O8Si/c1-43(2)87(44(3)4,45(5)6)33-19-51-54(68)14-12-48-34-50(86-42-83-9)36-52(58(48)51)60-59(69)61-53(37-70-60)62(77-25-11-20-66(8,82)41-77)73-64(72-61)85-40-46(7)38-74-29-31-75(32-30-74)39-47-16-21-67(22-17-47)23-27-76(28-24-67)63(80)49-13-15-56(84-10)55(35-49)78-26-18-57(79)71-65(78)81/h12-15,34-37,43-47,82H,11,16-18,20-32,38-42H2,1-10H3,(H,71,79,81)/t46-,66-/m1/s1. The van der Waals surface area contributed by atoms with E-state index in [0.29, 0.717) is 112 Å². The Bertz CT molecular complexity index is 3380. The predicted molar refractivity (Wildman–Crippen MR) is 338 cm³/mol. The second-order valence-electron chi connectivity index (χ2n) is 26.6. The lowest BCUT2D eigenvalue weighted by molar-refractivity contribution is -0.120. The first-order chi connectivity index (χ1) is 41.6. The SMILES string of the molecule is COCOc1cc(-c2ncc3c(N4CCC[C@@](C)(O)C4)nc(OC[C@H](C)CN4CCN(CC5CCC6(CC5)CCN(C(=O)c5ccc(OC)c(N7CCC(=O)NC7=O)c5)CC6)CC4)nc3c2F)c2c(C#C[Si](C(C)C)(C(C)C)C(C)C)c(F)ccc2c1. The molecular weight excluding hydrogens is 1120 g/mol. The third-order valence-electron chi connectivity index (χ3n) is 19.6. The van der Waals surface area contributed by atoms with Crippen LogP contribution in [0.4, 0.5) is 25.1 Å². The van der Waals surface area contributed by atoms with Gasteiger partial charge >= 0.3 is 12.0 Å². The van der Waals surface area contributed by atoms with Gasteiger partial charge in [-0.25, -0.2) is 13.6 Å². The molecule has 3 aromatic carbocycles. The minimum atomic E-state index is -2.33. The van der Waals surface area contributed by atoms with Gasteiger partial charge in [0, 0.05) is 114 Å². The first-order valence-corrected chi connectivity index (χ1v) is 33.8. The topological polar surface area (TPSA) is 175 Å². The van der Waals surface area contributed by atoms with E-state index in [2.05, 4.69) is 75.0 Å². The Labute approximate surface area is 512 Å². The van der Waals surface area contributed by atoms with Crippen molar-refractivity contribution >= 4 is 59.1 Å². The van der Waals surface area contributed by atoms with E-state index in [1.165, 1.54) is 50.9 Å². The van der Waals surface area contributed by atoms with Gasteiger partial charge in [-0.15, -0.1) is 5.54 Å². The largest absolute Gasteiger partial charge is 0.495 e. The molecule has 1 aliphatic carbocycles. The Balaban J connectivity index is 0.790. The summed E-state index contributed by atoms with van der Waals surface area (Å²) in [5.74, 6) is 3.76. The third-order valence-corrected chi connectivity index (χ3v) is 25.9. The molecule has 6 heterocycles. The van der Waals surface area contributed by atoms with Crippen molar-refractivity contribution in [3.8, 4) is 40.2 Å². The first-order valence-electron chi connectivity index (χ1n) is 31.5. The summed E-state index contributed by atoms with van der Waals surface area (Å²) < 4.78 is 57.6. The van der Waals surface area contributed by atoms with Crippen LogP contribution in [0.5, 0.6) is 17.5 Å². The number of urea groups is 1. The van der Waals surface area contributed by atoms with Gasteiger partial charge in [-0.1, -0.05) is 60.5 Å². The predicted octanol–water partition coefficient (Wildman–Crippen LogP) is 11.2. The number of piperidine rings is 2. The molecule has 5 fully saturated rings. The van der Waals surface area contributed by atoms with Crippen LogP contribution in [-0.4, -0.2) is 166 Å². The molecule has 2 atom stereocenters. The highest BCUT2D eigenvalue weighted by Gasteiger charge is 2.43. The summed E-state index contributed by atoms with van der Waals surface area (Å²) in [6.45, 7) is 25.7. The van der Waals surface area contributed by atoms with Gasteiger partial charge in [0.15, 0.2) is 12.6 Å². The summed E-state index contributed by atoms with van der Waals surface area (Å²) in [5.41, 5.74) is 5.28. The maximum atomic E-state index is 17.9. The number of halogens is 2. The molecular formula is C67H89F2N9O8Si. The summed E-state index contributed by atoms with van der Waals surface area (Å²) in [5, 5.41) is 15.1. The lowest BCUT2D eigenvalue weighted by atomic mass is 9.65. The van der Waals surface area contributed by atoms with Crippen LogP contribution in [0.1, 0.15) is 129 Å². The monoisotopic (exact) mass is 1210 g/mol. The number of carbonyl (C=O) groups excluding carboxylic acids is 3. The van der Waals surface area contributed by atoms with Gasteiger partial charge in [0.2, 0.25) is 5.91 Å². The number of β-amino-alcohol motifs (C(OH)–C–C–N with tert-alkyl or cyclic N) is 1. The fourth-order valence-corrected chi connectivity index (χ4v) is 20.1. The number of nitrogens with zero attached hydrogens (tertiary/aromatic N) is 8. The van der Waals surface area contributed by atoms with Crippen LogP contribution >= 0.6 is 0 Å². The van der Waals surface area contributed by atoms with Crippen molar-refractivity contribution in [3.63, 3.8) is 0 Å². The van der Waals surface area contributed by atoms with Gasteiger partial charge in [0.25, 0.3) is 5.91 Å². The number of methoxy groups -OCH3 is 2. The van der Waals surface area contributed by atoms with Crippen molar-refractivity contribution in [2.75, 3.05) is 109 Å². The number of aromatic nitrogens is 3. The fourth-order valence-electron chi connectivity index (χ4n) is 14.8. The van der Waals surface area contributed by atoms with E-state index in [0.717, 1.165) is 52.1 Å². The zero-order valence-corrected chi connectivity index (χ0v) is 53.7. The minimum absolute atomic E-state index is 0.000537. The number of aliphatic hydroxyl groups is 1. The molecule has 1 spiro atoms. The van der Waals surface area contributed by atoms with Gasteiger partial charge < -0.3 is 43.7 Å². The number of hydrogen-bond donors (Lipinski definition) is 2. The van der Waals surface area contributed by atoms with Crippen LogP contribution in [0, 0.1) is 40.3 Å². The third kappa shape index (κ3) is 13.7. The molecule has 1 saturated carbocycles. The molecule has 4 aliphatic heterocycles. The normalized spacial score (nSPS) is 20.4. The van der Waals surface area contributed by atoms with E-state index in [1.54, 1.807) is 49.5 Å². The van der Waals surface area contributed by atoms with Gasteiger partial charge in [0.1, 0.15) is 42.4 Å². The van der Waals surface area contributed by atoms with Gasteiger partial charge in [0.05, 0.1) is 36.0 Å². The molecule has 4 saturated heterocycles. The molecule has 0 unspecified atom stereocenters. The highest BCUT2D eigenvalue weighted by atomic mass is 28.3. The summed E-state index contributed by atoms with van der Waals surface area (Å²) in [4.78, 5) is 63.3. The molecule has 2 aromatic heterocycles. The van der Waals surface area contributed by atoms with Crippen molar-refractivity contribution in [1.82, 2.24) is 35.0 Å². The number of carbonyl (C=O) groups is 3. The zero-order chi connectivity index (χ0) is 62.0. The number of pyridine rings is 1. The Morgan fingerprint density at radius 2 is 1.56 bits per heavy atom. The Hall–Kier alpha value is -6.50. The molecule has 468 valence electrons.